The summed E-state index contributed by atoms with van der Waals surface area (Å²) >= 11 is 0. The van der Waals surface area contributed by atoms with E-state index < -0.39 is 5.97 Å². The maximum absolute atomic E-state index is 11.6. The molecule has 2 aliphatic carbocycles. The highest BCUT2D eigenvalue weighted by atomic mass is 16.4. The number of carbonyl (C=O) groups excluding carboxylic acids is 2. The number of ketones is 2. The summed E-state index contributed by atoms with van der Waals surface area (Å²) in [6.07, 6.45) is 17.0. The summed E-state index contributed by atoms with van der Waals surface area (Å²) in [6, 6.07) is 0. The Morgan fingerprint density at radius 3 is 2.24 bits per heavy atom. The van der Waals surface area contributed by atoms with Crippen LogP contribution in [0.25, 0.3) is 0 Å². The first-order valence-corrected chi connectivity index (χ1v) is 11.1. The number of rotatable bonds is 4. The van der Waals surface area contributed by atoms with Crippen LogP contribution < -0.4 is 0 Å². The molecule has 0 aromatic heterocycles. The van der Waals surface area contributed by atoms with Crippen LogP contribution in [0.15, 0.2) is 34.9 Å². The number of carbonyl (C=O) groups is 3. The number of carboxylic acids is 1. The van der Waals surface area contributed by atoms with E-state index in [1.54, 1.807) is 0 Å². The summed E-state index contributed by atoms with van der Waals surface area (Å²) in [6.45, 7) is 6.43. The number of hydrogen-bond donors (Lipinski definition) is 1. The molecule has 0 bridgehead atoms. The largest absolute Gasteiger partial charge is 0.478 e. The molecule has 0 fully saturated rings. The fraction of sp³-hybridized carbons (Fsp3) is 0.640. The Kier molecular flexibility index (Phi) is 12.2. The number of hydrogen-bond acceptors (Lipinski definition) is 3. The lowest BCUT2D eigenvalue weighted by Gasteiger charge is -2.14. The highest BCUT2D eigenvalue weighted by molar-refractivity contribution is 6.16. The minimum Gasteiger partial charge on any atom is -0.478 e. The number of aliphatic carboxylic acids is 1. The SMILES string of the molecule is C/C1=C\CCC(=O)/C(C(=O)O)=C\CC1.CCCC[C@H]1CC/C(C)=C/CCC(=O)C1. The number of allylic oxidation sites excluding steroid dienone is 5. The van der Waals surface area contributed by atoms with E-state index in [4.69, 9.17) is 5.11 Å². The zero-order valence-electron chi connectivity index (χ0n) is 18.5. The normalized spacial score (nSPS) is 26.9. The van der Waals surface area contributed by atoms with Gasteiger partial charge in [0.1, 0.15) is 5.78 Å². The predicted octanol–water partition coefficient (Wildman–Crippen LogP) is 6.36. The Balaban J connectivity index is 0.000000291. The molecule has 2 aliphatic rings. The molecule has 0 heterocycles. The molecule has 0 saturated heterocycles. The molecule has 162 valence electrons. The lowest BCUT2D eigenvalue weighted by atomic mass is 9.90. The summed E-state index contributed by atoms with van der Waals surface area (Å²) < 4.78 is 0. The van der Waals surface area contributed by atoms with Crippen LogP contribution in [0.1, 0.15) is 97.8 Å². The summed E-state index contributed by atoms with van der Waals surface area (Å²) in [7, 11) is 0. The van der Waals surface area contributed by atoms with Crippen LogP contribution in [0.2, 0.25) is 0 Å². The first-order valence-electron chi connectivity index (χ1n) is 11.1. The average Bonchev–Trinajstić information content (AvgIpc) is 2.79. The van der Waals surface area contributed by atoms with Crippen molar-refractivity contribution in [3.63, 3.8) is 0 Å². The minimum absolute atomic E-state index is 0.0481. The lowest BCUT2D eigenvalue weighted by Crippen LogP contribution is -2.11. The third-order valence-corrected chi connectivity index (χ3v) is 5.63. The minimum atomic E-state index is -1.10. The number of unbranched alkanes of at least 4 members (excludes halogenated alkanes) is 1. The summed E-state index contributed by atoms with van der Waals surface area (Å²) in [5, 5.41) is 8.78. The van der Waals surface area contributed by atoms with E-state index in [-0.39, 0.29) is 11.4 Å². The van der Waals surface area contributed by atoms with Crippen molar-refractivity contribution in [1.82, 2.24) is 0 Å². The topological polar surface area (TPSA) is 71.4 Å². The van der Waals surface area contributed by atoms with E-state index in [2.05, 4.69) is 19.9 Å². The molecule has 0 aliphatic heterocycles. The van der Waals surface area contributed by atoms with Crippen LogP contribution in [0.3, 0.4) is 0 Å². The van der Waals surface area contributed by atoms with Gasteiger partial charge in [0.05, 0.1) is 5.57 Å². The van der Waals surface area contributed by atoms with E-state index in [1.807, 2.05) is 13.0 Å². The summed E-state index contributed by atoms with van der Waals surface area (Å²) in [5.74, 6) is -0.237. The van der Waals surface area contributed by atoms with Gasteiger partial charge >= 0.3 is 5.97 Å². The third kappa shape index (κ3) is 11.0. The van der Waals surface area contributed by atoms with Gasteiger partial charge < -0.3 is 5.11 Å². The molecule has 0 aromatic rings. The van der Waals surface area contributed by atoms with Gasteiger partial charge in [-0.3, -0.25) is 9.59 Å². The van der Waals surface area contributed by atoms with Gasteiger partial charge in [0.15, 0.2) is 5.78 Å². The predicted molar refractivity (Wildman–Crippen MR) is 118 cm³/mol. The highest BCUT2D eigenvalue weighted by Gasteiger charge is 2.17. The standard InChI is InChI=1S/C14H24O.C11H14O3/c1-3-4-7-13-10-9-12(2)6-5-8-14(15)11-13;1-8-4-2-6-9(11(13)14)10(12)7-3-5-8/h6,13H,3-5,7-11H2,1-2H3;5-6H,2-4,7H2,1H3,(H,13,14)/b12-6+;8-5+,9-6+/t13-;/m0./s1. The first-order chi connectivity index (χ1) is 13.8. The molecular formula is C25H38O4. The number of Topliss-reactive ketones (excluding diaryl/α,β-unsaturated/α-hetero) is 2. The van der Waals surface area contributed by atoms with Crippen LogP contribution in [0.4, 0.5) is 0 Å². The smallest absolute Gasteiger partial charge is 0.338 e. The van der Waals surface area contributed by atoms with Crippen molar-refractivity contribution in [3.05, 3.63) is 34.9 Å². The van der Waals surface area contributed by atoms with Crippen molar-refractivity contribution < 1.29 is 19.5 Å². The van der Waals surface area contributed by atoms with Gasteiger partial charge in [-0.15, -0.1) is 0 Å². The first kappa shape index (κ1) is 25.1. The quantitative estimate of drug-likeness (QED) is 0.439. The van der Waals surface area contributed by atoms with Crippen molar-refractivity contribution in [1.29, 1.82) is 0 Å². The Morgan fingerprint density at radius 1 is 0.966 bits per heavy atom. The molecule has 4 heteroatoms. The van der Waals surface area contributed by atoms with Crippen molar-refractivity contribution in [2.24, 2.45) is 5.92 Å². The molecule has 0 amide bonds. The van der Waals surface area contributed by atoms with Crippen LogP contribution >= 0.6 is 0 Å². The number of carboxylic acid groups (broad SMARTS) is 1. The Bertz CT molecular complexity index is 652. The molecule has 2 rings (SSSR count). The second-order valence-electron chi connectivity index (χ2n) is 8.35. The molecule has 4 nitrogen and oxygen atoms in total. The second kappa shape index (κ2) is 14.1. The van der Waals surface area contributed by atoms with Crippen LogP contribution in [0, 0.1) is 5.92 Å². The molecule has 29 heavy (non-hydrogen) atoms. The van der Waals surface area contributed by atoms with Crippen molar-refractivity contribution in [2.75, 3.05) is 0 Å². The fourth-order valence-electron chi connectivity index (χ4n) is 3.73. The Morgan fingerprint density at radius 2 is 1.59 bits per heavy atom. The van der Waals surface area contributed by atoms with Gasteiger partial charge in [0, 0.05) is 19.3 Å². The molecule has 0 spiro atoms. The zero-order chi connectivity index (χ0) is 21.6. The summed E-state index contributed by atoms with van der Waals surface area (Å²) in [5.41, 5.74) is 2.65. The van der Waals surface area contributed by atoms with E-state index in [0.717, 1.165) is 25.7 Å². The van der Waals surface area contributed by atoms with E-state index in [9.17, 15) is 14.4 Å². The van der Waals surface area contributed by atoms with Crippen molar-refractivity contribution in [3.8, 4) is 0 Å². The molecule has 0 radical (unpaired) electrons. The van der Waals surface area contributed by atoms with Gasteiger partial charge in [-0.05, 0) is 58.3 Å². The van der Waals surface area contributed by atoms with Gasteiger partial charge in [0.25, 0.3) is 0 Å². The Labute approximate surface area is 176 Å². The van der Waals surface area contributed by atoms with E-state index in [0.29, 0.717) is 31.0 Å². The monoisotopic (exact) mass is 402 g/mol. The van der Waals surface area contributed by atoms with Crippen molar-refractivity contribution >= 4 is 17.5 Å². The highest BCUT2D eigenvalue weighted by Crippen LogP contribution is 2.24. The third-order valence-electron chi connectivity index (χ3n) is 5.63. The van der Waals surface area contributed by atoms with Crippen LogP contribution in [-0.4, -0.2) is 22.6 Å². The molecule has 0 aromatic carbocycles. The molecule has 0 saturated carbocycles. The fourth-order valence-corrected chi connectivity index (χ4v) is 3.73. The van der Waals surface area contributed by atoms with Gasteiger partial charge in [-0.1, -0.05) is 55.6 Å². The van der Waals surface area contributed by atoms with E-state index in [1.165, 1.54) is 49.3 Å². The second-order valence-corrected chi connectivity index (χ2v) is 8.35. The maximum atomic E-state index is 11.6. The molecule has 1 N–H and O–H groups in total. The van der Waals surface area contributed by atoms with Crippen molar-refractivity contribution in [2.45, 2.75) is 97.8 Å². The lowest BCUT2D eigenvalue weighted by molar-refractivity contribution is -0.134. The average molecular weight is 403 g/mol. The van der Waals surface area contributed by atoms with Gasteiger partial charge in [0.2, 0.25) is 0 Å². The molecule has 0 unspecified atom stereocenters. The van der Waals surface area contributed by atoms with Crippen LogP contribution in [0.5, 0.6) is 0 Å². The van der Waals surface area contributed by atoms with E-state index >= 15 is 0 Å². The van der Waals surface area contributed by atoms with Gasteiger partial charge in [-0.2, -0.15) is 0 Å². The molecular weight excluding hydrogens is 364 g/mol. The molecule has 1 atom stereocenters. The summed E-state index contributed by atoms with van der Waals surface area (Å²) in [4.78, 5) is 33.7. The zero-order valence-corrected chi connectivity index (χ0v) is 18.5. The van der Waals surface area contributed by atoms with Crippen LogP contribution in [-0.2, 0) is 14.4 Å². The maximum Gasteiger partial charge on any atom is 0.338 e. The van der Waals surface area contributed by atoms with Gasteiger partial charge in [-0.25, -0.2) is 4.79 Å². The Hall–Kier alpha value is -1.97.